The molecule has 1 amide bonds. The number of fused-ring (bicyclic) bond motifs is 1. The molecule has 1 aliphatic carbocycles. The predicted molar refractivity (Wildman–Crippen MR) is 184 cm³/mol. The van der Waals surface area contributed by atoms with E-state index in [2.05, 4.69) is 5.92 Å². The van der Waals surface area contributed by atoms with Crippen LogP contribution >= 0.6 is 0 Å². The monoisotopic (exact) mass is 657 g/mol. The van der Waals surface area contributed by atoms with Crippen LogP contribution < -0.4 is 0 Å². The number of aryl methyl sites for hydroxylation is 1. The second-order valence-electron chi connectivity index (χ2n) is 12.9. The van der Waals surface area contributed by atoms with Gasteiger partial charge >= 0.3 is 0 Å². The van der Waals surface area contributed by atoms with Gasteiger partial charge in [0.15, 0.2) is 6.30 Å². The van der Waals surface area contributed by atoms with Gasteiger partial charge in [-0.3, -0.25) is 9.36 Å². The smallest absolute Gasteiger partial charge is 0.270 e. The van der Waals surface area contributed by atoms with Crippen LogP contribution in [0.5, 0.6) is 0 Å². The Bertz CT molecular complexity index is 1840. The van der Waals surface area contributed by atoms with E-state index in [9.17, 15) is 13.6 Å². The first-order valence-electron chi connectivity index (χ1n) is 16.8. The van der Waals surface area contributed by atoms with E-state index in [-0.39, 0.29) is 17.0 Å². The van der Waals surface area contributed by atoms with Gasteiger partial charge in [0.25, 0.3) is 11.8 Å². The zero-order valence-electron chi connectivity index (χ0n) is 28.1. The lowest BCUT2D eigenvalue weighted by molar-refractivity contribution is 0.0174. The van der Waals surface area contributed by atoms with E-state index < -0.39 is 23.9 Å². The maximum atomic E-state index is 15.5. The lowest BCUT2D eigenvalue weighted by Crippen LogP contribution is -2.39. The van der Waals surface area contributed by atoms with Gasteiger partial charge in [-0.05, 0) is 104 Å². The lowest BCUT2D eigenvalue weighted by atomic mass is 9.90. The van der Waals surface area contributed by atoms with Crippen molar-refractivity contribution in [1.29, 1.82) is 0 Å². The van der Waals surface area contributed by atoms with Crippen molar-refractivity contribution in [3.05, 3.63) is 106 Å². The van der Waals surface area contributed by atoms with Crippen LogP contribution in [0.2, 0.25) is 0 Å². The number of allylic oxidation sites excluding steroid dienone is 1. The Kier molecular flexibility index (Phi) is 10.8. The van der Waals surface area contributed by atoms with Crippen molar-refractivity contribution in [3.8, 4) is 12.3 Å². The minimum Gasteiger partial charge on any atom is -0.339 e. The summed E-state index contributed by atoms with van der Waals surface area (Å²) >= 11 is 0. The zero-order chi connectivity index (χ0) is 34.6. The highest BCUT2D eigenvalue weighted by Gasteiger charge is 2.31. The second kappa shape index (κ2) is 14.8. The molecule has 2 aliphatic rings. The summed E-state index contributed by atoms with van der Waals surface area (Å²) < 4.78 is 60.1. The SMILES string of the molecule is C#CCC1CC1.C/C=C(/c1cccc(C(C)(F)F)c1)c1cc(F)c(C(=O)N2CCC(c3nc4ccccc4n3C(F)CC)CC2)cc1C. The molecular weight excluding hydrogens is 614 g/mol. The van der Waals surface area contributed by atoms with Crippen molar-refractivity contribution in [2.75, 3.05) is 13.1 Å². The summed E-state index contributed by atoms with van der Waals surface area (Å²) in [6.07, 6.45) is 10.9. The number of likely N-dealkylation sites (tertiary alicyclic amines) is 1. The molecule has 6 rings (SSSR count). The summed E-state index contributed by atoms with van der Waals surface area (Å²) in [5, 5.41) is 0. The normalized spacial score (nSPS) is 16.3. The molecule has 1 unspecified atom stereocenters. The van der Waals surface area contributed by atoms with Gasteiger partial charge in [-0.2, -0.15) is 0 Å². The molecule has 0 N–H and O–H groups in total. The Balaban J connectivity index is 0.000000677. The molecule has 252 valence electrons. The number of piperidine rings is 1. The van der Waals surface area contributed by atoms with Crippen molar-refractivity contribution in [2.24, 2.45) is 5.92 Å². The van der Waals surface area contributed by atoms with Crippen LogP contribution in [0.1, 0.15) is 110 Å². The number of carbonyl (C=O) groups is 1. The van der Waals surface area contributed by atoms with Gasteiger partial charge in [0.05, 0.1) is 16.6 Å². The number of benzene rings is 3. The molecule has 2 fully saturated rings. The van der Waals surface area contributed by atoms with Crippen LogP contribution in [-0.4, -0.2) is 33.4 Å². The number of para-hydroxylation sites is 2. The molecule has 1 saturated heterocycles. The Morgan fingerprint density at radius 3 is 2.38 bits per heavy atom. The van der Waals surface area contributed by atoms with Crippen molar-refractivity contribution in [3.63, 3.8) is 0 Å². The van der Waals surface area contributed by atoms with Crippen LogP contribution in [-0.2, 0) is 5.92 Å². The average molecular weight is 658 g/mol. The van der Waals surface area contributed by atoms with Gasteiger partial charge in [-0.15, -0.1) is 12.3 Å². The number of aromatic nitrogens is 2. The van der Waals surface area contributed by atoms with Crippen molar-refractivity contribution in [1.82, 2.24) is 14.5 Å². The molecule has 1 saturated carbocycles. The number of halogens is 4. The van der Waals surface area contributed by atoms with Gasteiger partial charge < -0.3 is 4.90 Å². The Labute approximate surface area is 280 Å². The lowest BCUT2D eigenvalue weighted by Gasteiger charge is -2.32. The summed E-state index contributed by atoms with van der Waals surface area (Å²) in [6, 6.07) is 16.4. The van der Waals surface area contributed by atoms with Crippen LogP contribution in [0, 0.1) is 31.0 Å². The maximum absolute atomic E-state index is 15.5. The van der Waals surface area contributed by atoms with E-state index in [1.807, 2.05) is 24.3 Å². The standard InChI is InChI=1S/C34H35F4N3O.C6H8/c1-5-25(23-10-9-11-24(19-23)34(4,37)38)26-20-28(35)27(18-21(26)3)33(42)40-16-14-22(15-17-40)32-39-29-12-7-8-13-30(29)41(32)31(36)6-2;1-2-3-6-4-5-6/h5,7-13,18-20,22,31H,6,14-17H2,1-4H3;1,6H,3-5H2/b25-5-;. The van der Waals surface area contributed by atoms with Gasteiger partial charge in [0.1, 0.15) is 11.6 Å². The molecule has 0 radical (unpaired) electrons. The Morgan fingerprint density at radius 2 is 1.77 bits per heavy atom. The minimum absolute atomic E-state index is 0.0243. The molecule has 3 aromatic carbocycles. The van der Waals surface area contributed by atoms with Gasteiger partial charge in [0, 0.05) is 37.9 Å². The first-order valence-corrected chi connectivity index (χ1v) is 16.8. The van der Waals surface area contributed by atoms with E-state index in [0.717, 1.165) is 30.3 Å². The maximum Gasteiger partial charge on any atom is 0.270 e. The highest BCUT2D eigenvalue weighted by molar-refractivity contribution is 5.96. The fraction of sp³-hybridized carbons (Fsp3) is 0.400. The van der Waals surface area contributed by atoms with E-state index >= 15 is 8.78 Å². The zero-order valence-corrected chi connectivity index (χ0v) is 28.1. The summed E-state index contributed by atoms with van der Waals surface area (Å²) in [6.45, 7) is 6.99. The third-order valence-corrected chi connectivity index (χ3v) is 9.29. The third kappa shape index (κ3) is 7.67. The van der Waals surface area contributed by atoms with Crippen LogP contribution in [0.15, 0.2) is 66.7 Å². The Morgan fingerprint density at radius 1 is 1.06 bits per heavy atom. The number of hydrogen-bond acceptors (Lipinski definition) is 2. The van der Waals surface area contributed by atoms with E-state index in [1.54, 1.807) is 48.4 Å². The molecule has 1 atom stereocenters. The van der Waals surface area contributed by atoms with Crippen LogP contribution in [0.3, 0.4) is 0 Å². The summed E-state index contributed by atoms with van der Waals surface area (Å²) in [5.74, 6) is 0.135. The fourth-order valence-corrected chi connectivity index (χ4v) is 6.40. The number of alkyl halides is 3. The van der Waals surface area contributed by atoms with Crippen molar-refractivity contribution in [2.45, 2.75) is 84.4 Å². The summed E-state index contributed by atoms with van der Waals surface area (Å²) in [4.78, 5) is 19.8. The number of nitrogens with zero attached hydrogens (tertiary/aromatic N) is 3. The number of imidazole rings is 1. The molecular formula is C40H43F4N3O. The number of rotatable bonds is 8. The molecule has 1 aromatic heterocycles. The first-order chi connectivity index (χ1) is 23.0. The minimum atomic E-state index is -3.00. The molecule has 0 bridgehead atoms. The molecule has 8 heteroatoms. The first kappa shape index (κ1) is 34.9. The number of amides is 1. The van der Waals surface area contributed by atoms with E-state index in [4.69, 9.17) is 11.4 Å². The summed E-state index contributed by atoms with van der Waals surface area (Å²) in [5.41, 5.74) is 3.71. The van der Waals surface area contributed by atoms with Gasteiger partial charge in [0.2, 0.25) is 0 Å². The predicted octanol–water partition coefficient (Wildman–Crippen LogP) is 10.4. The fourth-order valence-electron chi connectivity index (χ4n) is 6.40. The number of carbonyl (C=O) groups excluding carboxylic acids is 1. The number of terminal acetylenes is 1. The van der Waals surface area contributed by atoms with Crippen LogP contribution in [0.25, 0.3) is 16.6 Å². The third-order valence-electron chi connectivity index (χ3n) is 9.29. The van der Waals surface area contributed by atoms with Gasteiger partial charge in [-0.25, -0.2) is 22.5 Å². The average Bonchev–Trinajstić information content (AvgIpc) is 3.82. The molecule has 0 spiro atoms. The highest BCUT2D eigenvalue weighted by Crippen LogP contribution is 2.36. The molecule has 1 aliphatic heterocycles. The molecule has 4 nitrogen and oxygen atoms in total. The largest absolute Gasteiger partial charge is 0.339 e. The molecule has 48 heavy (non-hydrogen) atoms. The topological polar surface area (TPSA) is 38.1 Å². The van der Waals surface area contributed by atoms with Crippen molar-refractivity contribution < 1.29 is 22.4 Å². The van der Waals surface area contributed by atoms with Crippen LogP contribution in [0.4, 0.5) is 17.6 Å². The molecule has 2 heterocycles. The van der Waals surface area contributed by atoms with E-state index in [1.165, 1.54) is 37.1 Å². The van der Waals surface area contributed by atoms with Crippen molar-refractivity contribution >= 4 is 22.5 Å². The molecule has 4 aromatic rings. The highest BCUT2D eigenvalue weighted by atomic mass is 19.3. The van der Waals surface area contributed by atoms with Gasteiger partial charge in [-0.1, -0.05) is 43.3 Å². The number of hydrogen-bond donors (Lipinski definition) is 0. The Hall–Kier alpha value is -4.38. The summed E-state index contributed by atoms with van der Waals surface area (Å²) in [7, 11) is 0. The second-order valence-corrected chi connectivity index (χ2v) is 12.9. The quantitative estimate of drug-likeness (QED) is 0.140. The van der Waals surface area contributed by atoms with E-state index in [0.29, 0.717) is 60.4 Å².